The van der Waals surface area contributed by atoms with Crippen LogP contribution in [0.4, 0.5) is 0 Å². The summed E-state index contributed by atoms with van der Waals surface area (Å²) in [6.45, 7) is 43.2. The summed E-state index contributed by atoms with van der Waals surface area (Å²) in [5, 5.41) is 0. The minimum Gasteiger partial charge on any atom is -0.103 e. The second-order valence-electron chi connectivity index (χ2n) is 5.81. The molecule has 1 aliphatic carbocycles. The van der Waals surface area contributed by atoms with Crippen LogP contribution in [0.3, 0.4) is 0 Å². The van der Waals surface area contributed by atoms with E-state index in [0.29, 0.717) is 11.8 Å². The van der Waals surface area contributed by atoms with Gasteiger partial charge in [-0.05, 0) is 49.7 Å². The highest BCUT2D eigenvalue weighted by Crippen LogP contribution is 2.22. The van der Waals surface area contributed by atoms with Crippen LogP contribution in [-0.4, -0.2) is 0 Å². The van der Waals surface area contributed by atoms with Crippen LogP contribution in [0.1, 0.15) is 123 Å². The van der Waals surface area contributed by atoms with Crippen LogP contribution in [0.15, 0.2) is 98.2 Å². The van der Waals surface area contributed by atoms with Gasteiger partial charge >= 0.3 is 0 Å². The maximum atomic E-state index is 3.82. The molecule has 2 atom stereocenters. The molecule has 0 fully saturated rings. The van der Waals surface area contributed by atoms with Gasteiger partial charge in [0.1, 0.15) is 0 Å². The van der Waals surface area contributed by atoms with E-state index in [1.54, 1.807) is 0 Å². The molecule has 0 heteroatoms. The first kappa shape index (κ1) is 50.7. The average molecular weight is 503 g/mol. The monoisotopic (exact) mass is 503 g/mol. The summed E-state index contributed by atoms with van der Waals surface area (Å²) < 4.78 is 0. The number of hydrogen-bond donors (Lipinski definition) is 0. The molecule has 1 aliphatic rings. The van der Waals surface area contributed by atoms with E-state index in [-0.39, 0.29) is 0 Å². The van der Waals surface area contributed by atoms with E-state index in [1.165, 1.54) is 24.0 Å². The van der Waals surface area contributed by atoms with Gasteiger partial charge in [0.15, 0.2) is 0 Å². The highest BCUT2D eigenvalue weighted by molar-refractivity contribution is 5.29. The van der Waals surface area contributed by atoms with Crippen molar-refractivity contribution in [3.63, 3.8) is 0 Å². The molecule has 0 bridgehead atoms. The molecular formula is C36H70. The Morgan fingerprint density at radius 3 is 1.72 bits per heavy atom. The van der Waals surface area contributed by atoms with Gasteiger partial charge in [0.2, 0.25) is 0 Å². The van der Waals surface area contributed by atoms with Gasteiger partial charge in [0.25, 0.3) is 0 Å². The van der Waals surface area contributed by atoms with Crippen molar-refractivity contribution in [2.45, 2.75) is 123 Å². The molecule has 0 aliphatic heterocycles. The molecule has 0 saturated heterocycles. The first-order chi connectivity index (χ1) is 17.6. The molecule has 0 nitrogen and oxygen atoms in total. The molecule has 0 saturated carbocycles. The molecule has 0 spiro atoms. The van der Waals surface area contributed by atoms with E-state index >= 15 is 0 Å². The standard InChI is InChI=1S/C12H16.C12H18.6C2H6/c1-3-8-12-10-7-5-6-9-11(12)4-2;1-5-8-9-10-12(7-3)11(4)6-2;6*1-2/h3-6,8-9,12H,2,7,10H2,1H3;5-7,10-11H,1-3,8-9H2,4H3;6*1-2H3/b8-3-;12-10-;;;;;;. The summed E-state index contributed by atoms with van der Waals surface area (Å²) in [5.41, 5.74) is 2.59. The van der Waals surface area contributed by atoms with Gasteiger partial charge in [0.05, 0.1) is 0 Å². The van der Waals surface area contributed by atoms with Crippen molar-refractivity contribution in [3.05, 3.63) is 98.2 Å². The van der Waals surface area contributed by atoms with Gasteiger partial charge in [0, 0.05) is 5.92 Å². The first-order valence-electron chi connectivity index (χ1n) is 14.8. The largest absolute Gasteiger partial charge is 0.103 e. The van der Waals surface area contributed by atoms with E-state index in [4.69, 9.17) is 0 Å². The average Bonchev–Trinajstić information content (AvgIpc) is 3.22. The van der Waals surface area contributed by atoms with Crippen LogP contribution in [0.25, 0.3) is 0 Å². The predicted molar refractivity (Wildman–Crippen MR) is 180 cm³/mol. The molecule has 214 valence electrons. The number of hydrogen-bond acceptors (Lipinski definition) is 0. The smallest absolute Gasteiger partial charge is 0.00205 e. The van der Waals surface area contributed by atoms with Gasteiger partial charge in [-0.2, -0.15) is 0 Å². The summed E-state index contributed by atoms with van der Waals surface area (Å²) in [7, 11) is 0. The summed E-state index contributed by atoms with van der Waals surface area (Å²) in [6.07, 6.45) is 25.2. The Balaban J connectivity index is -0.0000000658. The van der Waals surface area contributed by atoms with E-state index in [0.717, 1.165) is 12.8 Å². The fourth-order valence-corrected chi connectivity index (χ4v) is 2.46. The van der Waals surface area contributed by atoms with Gasteiger partial charge in [-0.3, -0.25) is 0 Å². The van der Waals surface area contributed by atoms with Crippen molar-refractivity contribution < 1.29 is 0 Å². The van der Waals surface area contributed by atoms with Crippen LogP contribution in [0.2, 0.25) is 0 Å². The summed E-state index contributed by atoms with van der Waals surface area (Å²) >= 11 is 0. The fraction of sp³-hybridized carbons (Fsp3) is 0.556. The van der Waals surface area contributed by atoms with E-state index in [9.17, 15) is 0 Å². The maximum Gasteiger partial charge on any atom is 0.00205 e. The molecule has 2 unspecified atom stereocenters. The highest BCUT2D eigenvalue weighted by Gasteiger charge is 2.07. The molecule has 0 heterocycles. The quantitative estimate of drug-likeness (QED) is 0.176. The Bertz CT molecular complexity index is 508. The summed E-state index contributed by atoms with van der Waals surface area (Å²) in [4.78, 5) is 0. The van der Waals surface area contributed by atoms with Crippen molar-refractivity contribution >= 4 is 0 Å². The van der Waals surface area contributed by atoms with Crippen molar-refractivity contribution in [3.8, 4) is 0 Å². The van der Waals surface area contributed by atoms with Crippen LogP contribution in [0.5, 0.6) is 0 Å². The molecule has 0 aromatic rings. The fourth-order valence-electron chi connectivity index (χ4n) is 2.46. The second-order valence-corrected chi connectivity index (χ2v) is 5.81. The molecule has 0 aromatic carbocycles. The van der Waals surface area contributed by atoms with Gasteiger partial charge in [-0.15, -0.1) is 13.2 Å². The summed E-state index contributed by atoms with van der Waals surface area (Å²) in [6, 6.07) is 0. The number of unbranched alkanes of at least 4 members (excludes halogenated alkanes) is 1. The Morgan fingerprint density at radius 1 is 0.861 bits per heavy atom. The lowest BCUT2D eigenvalue weighted by Gasteiger charge is -2.10. The first-order valence-corrected chi connectivity index (χ1v) is 14.8. The van der Waals surface area contributed by atoms with Crippen molar-refractivity contribution in [2.75, 3.05) is 0 Å². The zero-order valence-corrected chi connectivity index (χ0v) is 27.6. The number of allylic oxidation sites excluding steroid dienone is 12. The molecule has 0 radical (unpaired) electrons. The van der Waals surface area contributed by atoms with Gasteiger partial charge < -0.3 is 0 Å². The van der Waals surface area contributed by atoms with Crippen LogP contribution < -0.4 is 0 Å². The Kier molecular flexibility index (Phi) is 82.6. The number of rotatable bonds is 8. The third-order valence-corrected chi connectivity index (χ3v) is 4.02. The minimum absolute atomic E-state index is 0.410. The van der Waals surface area contributed by atoms with E-state index in [1.807, 2.05) is 107 Å². The highest BCUT2D eigenvalue weighted by atomic mass is 14.1. The molecule has 36 heavy (non-hydrogen) atoms. The molecule has 0 N–H and O–H groups in total. The molecule has 1 rings (SSSR count). The zero-order valence-electron chi connectivity index (χ0n) is 27.6. The summed E-state index contributed by atoms with van der Waals surface area (Å²) in [5.74, 6) is 0.981. The predicted octanol–water partition coefficient (Wildman–Crippen LogP) is 13.7. The van der Waals surface area contributed by atoms with Gasteiger partial charge in [-0.1, -0.05) is 164 Å². The Hall–Kier alpha value is -2.08. The Labute approximate surface area is 232 Å². The lowest BCUT2D eigenvalue weighted by Crippen LogP contribution is -1.96. The molecular weight excluding hydrogens is 432 g/mol. The van der Waals surface area contributed by atoms with Crippen LogP contribution in [-0.2, 0) is 0 Å². The van der Waals surface area contributed by atoms with Crippen LogP contribution in [0, 0.1) is 11.8 Å². The lowest BCUT2D eigenvalue weighted by molar-refractivity contribution is 0.702. The third-order valence-electron chi connectivity index (χ3n) is 4.02. The topological polar surface area (TPSA) is 0 Å². The third kappa shape index (κ3) is 39.1. The van der Waals surface area contributed by atoms with Crippen molar-refractivity contribution in [2.24, 2.45) is 11.8 Å². The second kappa shape index (κ2) is 58.6. The zero-order chi connectivity index (χ0) is 30.2. The van der Waals surface area contributed by atoms with Crippen molar-refractivity contribution in [1.29, 1.82) is 0 Å². The molecule has 0 amide bonds. The molecule has 0 aromatic heterocycles. The lowest BCUT2D eigenvalue weighted by atomic mass is 9.95. The SMILES string of the molecule is C=CC1=CC=CCCC1/C=C\C.C=CCC/C=C(/C=C)C(C)C=C.CC.CC.CC.CC.CC.CC. The van der Waals surface area contributed by atoms with E-state index < -0.39 is 0 Å². The Morgan fingerprint density at radius 2 is 1.36 bits per heavy atom. The van der Waals surface area contributed by atoms with Gasteiger partial charge in [-0.25, -0.2) is 0 Å². The van der Waals surface area contributed by atoms with Crippen LogP contribution >= 0.6 is 0 Å². The van der Waals surface area contributed by atoms with E-state index in [2.05, 4.69) is 76.6 Å². The van der Waals surface area contributed by atoms with Crippen molar-refractivity contribution in [1.82, 2.24) is 0 Å². The minimum atomic E-state index is 0.410. The maximum absolute atomic E-state index is 3.82. The normalized spacial score (nSPS) is 13.4.